The van der Waals surface area contributed by atoms with Crippen LogP contribution in [0.3, 0.4) is 0 Å². The molecule has 1 N–H and O–H groups in total. The number of ketones is 1. The van der Waals surface area contributed by atoms with Crippen LogP contribution in [-0.2, 0) is 20.9 Å². The maximum Gasteiger partial charge on any atom is 0.338 e. The largest absolute Gasteiger partial charge is 0.454 e. The van der Waals surface area contributed by atoms with Crippen LogP contribution < -0.4 is 5.32 Å². The van der Waals surface area contributed by atoms with Gasteiger partial charge in [-0.05, 0) is 48.4 Å². The molecule has 1 aliphatic rings. The third kappa shape index (κ3) is 3.65. The van der Waals surface area contributed by atoms with Gasteiger partial charge in [-0.1, -0.05) is 12.1 Å². The van der Waals surface area contributed by atoms with E-state index in [9.17, 15) is 14.4 Å². The predicted octanol–water partition coefficient (Wildman–Crippen LogP) is 2.93. The second-order valence-electron chi connectivity index (χ2n) is 6.15. The second kappa shape index (κ2) is 7.49. The average Bonchev–Trinajstić information content (AvgIpc) is 2.93. The number of hydrogen-bond acceptors (Lipinski definition) is 5. The van der Waals surface area contributed by atoms with E-state index < -0.39 is 5.97 Å². The number of rotatable bonds is 6. The van der Waals surface area contributed by atoms with Crippen LogP contribution in [0.4, 0.5) is 5.69 Å². The highest BCUT2D eigenvalue weighted by Gasteiger charge is 2.27. The highest BCUT2D eigenvalue weighted by molar-refractivity contribution is 6.05. The van der Waals surface area contributed by atoms with E-state index in [0.29, 0.717) is 23.4 Å². The lowest BCUT2D eigenvalue weighted by atomic mass is 9.99. The highest BCUT2D eigenvalue weighted by Crippen LogP contribution is 2.32. The lowest BCUT2D eigenvalue weighted by molar-refractivity contribution is -0.116. The average molecular weight is 353 g/mol. The van der Waals surface area contributed by atoms with E-state index in [1.807, 2.05) is 6.07 Å². The number of anilines is 1. The molecule has 2 aromatic rings. The summed E-state index contributed by atoms with van der Waals surface area (Å²) < 4.78 is 10.2. The van der Waals surface area contributed by atoms with Crippen LogP contribution in [0.15, 0.2) is 42.5 Å². The molecule has 26 heavy (non-hydrogen) atoms. The Morgan fingerprint density at radius 3 is 2.69 bits per heavy atom. The minimum absolute atomic E-state index is 0.0908. The molecule has 6 heteroatoms. The summed E-state index contributed by atoms with van der Waals surface area (Å²) in [5.41, 5.74) is 3.11. The first-order valence-corrected chi connectivity index (χ1v) is 8.22. The number of amides is 1. The molecule has 0 spiro atoms. The van der Waals surface area contributed by atoms with Crippen LogP contribution in [0.5, 0.6) is 0 Å². The Kier molecular flexibility index (Phi) is 5.14. The highest BCUT2D eigenvalue weighted by atomic mass is 16.5. The molecule has 0 bridgehead atoms. The Labute approximate surface area is 151 Å². The van der Waals surface area contributed by atoms with Crippen LogP contribution in [0.2, 0.25) is 0 Å². The molecule has 6 nitrogen and oxygen atoms in total. The quantitative estimate of drug-likeness (QED) is 0.638. The molecular formula is C20H19NO5. The molecule has 0 unspecified atom stereocenters. The fraction of sp³-hybridized carbons (Fsp3) is 0.250. The van der Waals surface area contributed by atoms with Crippen molar-refractivity contribution in [1.82, 2.24) is 0 Å². The molecule has 1 aliphatic heterocycles. The zero-order valence-electron chi connectivity index (χ0n) is 14.6. The van der Waals surface area contributed by atoms with Gasteiger partial charge in [0, 0.05) is 18.4 Å². The Morgan fingerprint density at radius 1 is 1.12 bits per heavy atom. The summed E-state index contributed by atoms with van der Waals surface area (Å²) >= 11 is 0. The number of Topliss-reactive ketones (excluding diaryl/α,β-unsaturated/α-hetero) is 1. The van der Waals surface area contributed by atoms with E-state index in [2.05, 4.69) is 5.32 Å². The third-order valence-corrected chi connectivity index (χ3v) is 4.30. The molecule has 0 fully saturated rings. The van der Waals surface area contributed by atoms with Gasteiger partial charge in [0.15, 0.2) is 12.4 Å². The van der Waals surface area contributed by atoms with Gasteiger partial charge in [-0.2, -0.15) is 0 Å². The number of carbonyl (C=O) groups excluding carboxylic acids is 3. The Hall–Kier alpha value is -2.99. The number of carbonyl (C=O) groups is 3. The van der Waals surface area contributed by atoms with E-state index in [4.69, 9.17) is 9.47 Å². The summed E-state index contributed by atoms with van der Waals surface area (Å²) in [4.78, 5) is 36.2. The van der Waals surface area contributed by atoms with Gasteiger partial charge in [0.1, 0.15) is 0 Å². The van der Waals surface area contributed by atoms with Gasteiger partial charge >= 0.3 is 5.97 Å². The normalized spacial score (nSPS) is 15.3. The smallest absolute Gasteiger partial charge is 0.338 e. The molecule has 1 atom stereocenters. The van der Waals surface area contributed by atoms with E-state index in [0.717, 1.165) is 11.1 Å². The van der Waals surface area contributed by atoms with Crippen molar-refractivity contribution in [1.29, 1.82) is 0 Å². The van der Waals surface area contributed by atoms with Gasteiger partial charge in [-0.15, -0.1) is 0 Å². The van der Waals surface area contributed by atoms with Crippen molar-refractivity contribution in [2.24, 2.45) is 0 Å². The van der Waals surface area contributed by atoms with Gasteiger partial charge < -0.3 is 14.8 Å². The molecule has 3 rings (SSSR count). The summed E-state index contributed by atoms with van der Waals surface area (Å²) in [7, 11) is 1.57. The predicted molar refractivity (Wildman–Crippen MR) is 95.3 cm³/mol. The van der Waals surface area contributed by atoms with Gasteiger partial charge in [0.05, 0.1) is 18.1 Å². The van der Waals surface area contributed by atoms with E-state index in [-0.39, 0.29) is 24.2 Å². The number of fused-ring (bicyclic) bond motifs is 1. The molecule has 134 valence electrons. The lowest BCUT2D eigenvalue weighted by Gasteiger charge is -2.08. The fourth-order valence-corrected chi connectivity index (χ4v) is 2.84. The molecule has 1 heterocycles. The van der Waals surface area contributed by atoms with Crippen LogP contribution in [-0.4, -0.2) is 31.4 Å². The Bertz CT molecular complexity index is 874. The molecule has 1 amide bonds. The minimum atomic E-state index is -0.567. The third-order valence-electron chi connectivity index (χ3n) is 4.30. The Balaban J connectivity index is 1.65. The summed E-state index contributed by atoms with van der Waals surface area (Å²) in [5, 5.41) is 2.75. The van der Waals surface area contributed by atoms with Crippen molar-refractivity contribution in [3.05, 3.63) is 64.7 Å². The van der Waals surface area contributed by atoms with Crippen molar-refractivity contribution >= 4 is 23.3 Å². The first-order valence-electron chi connectivity index (χ1n) is 8.22. The lowest BCUT2D eigenvalue weighted by Crippen LogP contribution is -2.14. The summed E-state index contributed by atoms with van der Waals surface area (Å²) in [6.45, 7) is 1.81. The molecule has 0 saturated carbocycles. The molecule has 0 saturated heterocycles. The monoisotopic (exact) mass is 353 g/mol. The zero-order valence-corrected chi connectivity index (χ0v) is 14.6. The van der Waals surface area contributed by atoms with Crippen LogP contribution in [0, 0.1) is 0 Å². The standard InChI is InChI=1S/C20H19NO5/c1-12-16-9-14(6-7-17(16)21-19(12)23)18(22)11-26-20(24)15-5-3-4-13(8-15)10-25-2/h3-9,12H,10-11H2,1-2H3,(H,21,23)/t12-/m0/s1. The van der Waals surface area contributed by atoms with Gasteiger partial charge in [-0.25, -0.2) is 4.79 Å². The number of nitrogens with one attached hydrogen (secondary N) is 1. The molecular weight excluding hydrogens is 334 g/mol. The summed E-state index contributed by atoms with van der Waals surface area (Å²) in [6, 6.07) is 11.9. The first kappa shape index (κ1) is 17.8. The van der Waals surface area contributed by atoms with Crippen molar-refractivity contribution in [2.45, 2.75) is 19.4 Å². The molecule has 0 radical (unpaired) electrons. The van der Waals surface area contributed by atoms with Crippen molar-refractivity contribution in [3.63, 3.8) is 0 Å². The summed E-state index contributed by atoms with van der Waals surface area (Å²) in [5.74, 6) is -1.28. The SMILES string of the molecule is COCc1cccc(C(=O)OCC(=O)c2ccc3c(c2)[C@H](C)C(=O)N3)c1. The zero-order chi connectivity index (χ0) is 18.7. The second-order valence-corrected chi connectivity index (χ2v) is 6.15. The fourth-order valence-electron chi connectivity index (χ4n) is 2.84. The van der Waals surface area contributed by atoms with Gasteiger partial charge in [0.25, 0.3) is 0 Å². The number of hydrogen-bond donors (Lipinski definition) is 1. The number of benzene rings is 2. The van der Waals surface area contributed by atoms with Gasteiger partial charge in [0.2, 0.25) is 5.91 Å². The maximum absolute atomic E-state index is 12.3. The van der Waals surface area contributed by atoms with Crippen LogP contribution >= 0.6 is 0 Å². The van der Waals surface area contributed by atoms with Crippen molar-refractivity contribution in [2.75, 3.05) is 19.0 Å². The summed E-state index contributed by atoms with van der Waals surface area (Å²) in [6.07, 6.45) is 0. The minimum Gasteiger partial charge on any atom is -0.454 e. The topological polar surface area (TPSA) is 81.7 Å². The Morgan fingerprint density at radius 2 is 1.92 bits per heavy atom. The molecule has 0 aliphatic carbocycles. The molecule has 0 aromatic heterocycles. The first-order chi connectivity index (χ1) is 12.5. The number of ether oxygens (including phenoxy) is 2. The van der Waals surface area contributed by atoms with Crippen LogP contribution in [0.1, 0.15) is 44.7 Å². The van der Waals surface area contributed by atoms with Gasteiger partial charge in [-0.3, -0.25) is 9.59 Å². The maximum atomic E-state index is 12.3. The van der Waals surface area contributed by atoms with Crippen molar-refractivity contribution in [3.8, 4) is 0 Å². The number of esters is 1. The van der Waals surface area contributed by atoms with Crippen LogP contribution in [0.25, 0.3) is 0 Å². The van der Waals surface area contributed by atoms with Crippen molar-refractivity contribution < 1.29 is 23.9 Å². The molecule has 2 aromatic carbocycles. The van der Waals surface area contributed by atoms with E-state index in [1.165, 1.54) is 0 Å². The van der Waals surface area contributed by atoms with E-state index >= 15 is 0 Å². The number of methoxy groups -OCH3 is 1. The van der Waals surface area contributed by atoms with E-state index in [1.54, 1.807) is 50.4 Å².